The first-order valence-electron chi connectivity index (χ1n) is 9.78. The topological polar surface area (TPSA) is 28.0 Å². The largest absolute Gasteiger partial charge is 0.288 e. The van der Waals surface area contributed by atoms with Crippen LogP contribution in [0.3, 0.4) is 0 Å². The Morgan fingerprint density at radius 2 is 1.39 bits per heavy atom. The molecule has 0 saturated carbocycles. The number of hydrogen-bond acceptors (Lipinski definition) is 3. The molecule has 28 heavy (non-hydrogen) atoms. The summed E-state index contributed by atoms with van der Waals surface area (Å²) in [7, 11) is 0. The minimum Gasteiger partial charge on any atom is -0.288 e. The van der Waals surface area contributed by atoms with E-state index in [1.54, 1.807) is 0 Å². The Morgan fingerprint density at radius 1 is 0.786 bits per heavy atom. The Morgan fingerprint density at radius 3 is 2.07 bits per heavy atom. The molecule has 0 unspecified atom stereocenters. The minimum atomic E-state index is 0.301. The van der Waals surface area contributed by atoms with Crippen LogP contribution >= 0.6 is 0 Å². The second-order valence-electron chi connectivity index (χ2n) is 7.28. The molecule has 0 spiro atoms. The van der Waals surface area contributed by atoms with Crippen LogP contribution in [-0.4, -0.2) is 11.4 Å². The molecule has 0 radical (unpaired) electrons. The lowest BCUT2D eigenvalue weighted by Crippen LogP contribution is -2.34. The van der Waals surface area contributed by atoms with Gasteiger partial charge in [-0.05, 0) is 35.8 Å². The quantitative estimate of drug-likeness (QED) is 0.462. The van der Waals surface area contributed by atoms with Gasteiger partial charge in [-0.3, -0.25) is 4.90 Å². The standard InChI is InChI=1S/C25H25N3/c1-20-18-28(19-21-11-5-2-6-12-21)25(22-13-7-3-8-14-22)17-24(20)27-26-23-15-9-4-10-16-23/h2-16,25H,17-19H2,1H3/t25-/m0/s1. The van der Waals surface area contributed by atoms with Crippen LogP contribution in [0.25, 0.3) is 0 Å². The van der Waals surface area contributed by atoms with Gasteiger partial charge in [0.2, 0.25) is 0 Å². The molecule has 1 aliphatic heterocycles. The number of hydrogen-bond donors (Lipinski definition) is 0. The first-order valence-corrected chi connectivity index (χ1v) is 9.78. The lowest BCUT2D eigenvalue weighted by Gasteiger charge is -2.36. The van der Waals surface area contributed by atoms with Crippen molar-refractivity contribution in [1.29, 1.82) is 0 Å². The summed E-state index contributed by atoms with van der Waals surface area (Å²) in [6.45, 7) is 4.01. The van der Waals surface area contributed by atoms with Gasteiger partial charge >= 0.3 is 0 Å². The van der Waals surface area contributed by atoms with Crippen LogP contribution in [0.1, 0.15) is 30.5 Å². The zero-order valence-electron chi connectivity index (χ0n) is 16.2. The third-order valence-corrected chi connectivity index (χ3v) is 5.22. The summed E-state index contributed by atoms with van der Waals surface area (Å²) in [5.41, 5.74) is 5.96. The zero-order valence-corrected chi connectivity index (χ0v) is 16.2. The average molecular weight is 367 g/mol. The van der Waals surface area contributed by atoms with E-state index in [2.05, 4.69) is 82.7 Å². The molecule has 1 aliphatic rings. The third kappa shape index (κ3) is 4.44. The van der Waals surface area contributed by atoms with Crippen LogP contribution in [0.2, 0.25) is 0 Å². The monoisotopic (exact) mass is 367 g/mol. The maximum Gasteiger partial charge on any atom is 0.0856 e. The van der Waals surface area contributed by atoms with Crippen molar-refractivity contribution < 1.29 is 0 Å². The zero-order chi connectivity index (χ0) is 19.2. The van der Waals surface area contributed by atoms with Gasteiger partial charge in [0.15, 0.2) is 0 Å². The number of rotatable bonds is 5. The van der Waals surface area contributed by atoms with E-state index < -0.39 is 0 Å². The van der Waals surface area contributed by atoms with Crippen LogP contribution in [0, 0.1) is 0 Å². The van der Waals surface area contributed by atoms with Gasteiger partial charge in [0.1, 0.15) is 0 Å². The summed E-state index contributed by atoms with van der Waals surface area (Å²) in [5, 5.41) is 9.10. The highest BCUT2D eigenvalue weighted by Gasteiger charge is 2.27. The summed E-state index contributed by atoms with van der Waals surface area (Å²) in [6, 6.07) is 31.7. The van der Waals surface area contributed by atoms with E-state index in [0.717, 1.165) is 30.9 Å². The molecule has 1 heterocycles. The van der Waals surface area contributed by atoms with E-state index in [-0.39, 0.29) is 0 Å². The molecule has 0 fully saturated rings. The molecular weight excluding hydrogens is 342 g/mol. The van der Waals surface area contributed by atoms with E-state index in [1.165, 1.54) is 16.7 Å². The molecule has 3 nitrogen and oxygen atoms in total. The molecule has 0 saturated heterocycles. The van der Waals surface area contributed by atoms with Crippen LogP contribution in [-0.2, 0) is 6.54 Å². The molecular formula is C25H25N3. The van der Waals surface area contributed by atoms with Crippen molar-refractivity contribution in [1.82, 2.24) is 4.90 Å². The highest BCUT2D eigenvalue weighted by Crippen LogP contribution is 2.36. The van der Waals surface area contributed by atoms with Crippen molar-refractivity contribution in [3.05, 3.63) is 113 Å². The van der Waals surface area contributed by atoms with E-state index >= 15 is 0 Å². The fourth-order valence-electron chi connectivity index (χ4n) is 3.72. The fraction of sp³-hybridized carbons (Fsp3) is 0.200. The van der Waals surface area contributed by atoms with Gasteiger partial charge in [-0.2, -0.15) is 10.2 Å². The summed E-state index contributed by atoms with van der Waals surface area (Å²) in [4.78, 5) is 2.54. The first kappa shape index (κ1) is 18.3. The van der Waals surface area contributed by atoms with Crippen LogP contribution in [0.4, 0.5) is 5.69 Å². The molecule has 1 atom stereocenters. The molecule has 0 N–H and O–H groups in total. The van der Waals surface area contributed by atoms with Crippen molar-refractivity contribution >= 4 is 5.69 Å². The second kappa shape index (κ2) is 8.77. The van der Waals surface area contributed by atoms with E-state index in [0.29, 0.717) is 6.04 Å². The average Bonchev–Trinajstić information content (AvgIpc) is 2.75. The van der Waals surface area contributed by atoms with Gasteiger partial charge in [0.25, 0.3) is 0 Å². The molecule has 3 aromatic rings. The number of benzene rings is 3. The SMILES string of the molecule is CC1=C(N=Nc2ccccc2)C[C@@H](c2ccccc2)N(Cc2ccccc2)C1. The summed E-state index contributed by atoms with van der Waals surface area (Å²) >= 11 is 0. The highest BCUT2D eigenvalue weighted by atomic mass is 15.2. The Kier molecular flexibility index (Phi) is 5.74. The van der Waals surface area contributed by atoms with Crippen molar-refractivity contribution in [2.24, 2.45) is 10.2 Å². The van der Waals surface area contributed by atoms with Crippen molar-refractivity contribution in [3.8, 4) is 0 Å². The summed E-state index contributed by atoms with van der Waals surface area (Å²) in [6.07, 6.45) is 0.874. The van der Waals surface area contributed by atoms with Crippen molar-refractivity contribution in [3.63, 3.8) is 0 Å². The lowest BCUT2D eigenvalue weighted by atomic mass is 9.93. The first-order chi connectivity index (χ1) is 13.8. The fourth-order valence-corrected chi connectivity index (χ4v) is 3.72. The Balaban J connectivity index is 1.61. The minimum absolute atomic E-state index is 0.301. The van der Waals surface area contributed by atoms with E-state index in [1.807, 2.05) is 30.3 Å². The highest BCUT2D eigenvalue weighted by molar-refractivity contribution is 5.35. The van der Waals surface area contributed by atoms with Gasteiger partial charge in [-0.1, -0.05) is 78.9 Å². The molecule has 3 heteroatoms. The van der Waals surface area contributed by atoms with Gasteiger partial charge in [0, 0.05) is 25.6 Å². The summed E-state index contributed by atoms with van der Waals surface area (Å²) < 4.78 is 0. The maximum atomic E-state index is 4.63. The molecule has 4 rings (SSSR count). The van der Waals surface area contributed by atoms with Crippen LogP contribution in [0.15, 0.2) is 112 Å². The van der Waals surface area contributed by atoms with Crippen LogP contribution in [0.5, 0.6) is 0 Å². The van der Waals surface area contributed by atoms with Crippen molar-refractivity contribution in [2.75, 3.05) is 6.54 Å². The molecule has 3 aromatic carbocycles. The lowest BCUT2D eigenvalue weighted by molar-refractivity contribution is 0.189. The van der Waals surface area contributed by atoms with Gasteiger partial charge in [-0.25, -0.2) is 0 Å². The molecule has 0 bridgehead atoms. The summed E-state index contributed by atoms with van der Waals surface area (Å²) in [5.74, 6) is 0. The predicted octanol–water partition coefficient (Wildman–Crippen LogP) is 6.69. The molecule has 0 amide bonds. The second-order valence-corrected chi connectivity index (χ2v) is 7.28. The predicted molar refractivity (Wildman–Crippen MR) is 114 cm³/mol. The molecule has 0 aromatic heterocycles. The van der Waals surface area contributed by atoms with Gasteiger partial charge in [-0.15, -0.1) is 0 Å². The number of nitrogens with zero attached hydrogens (tertiary/aromatic N) is 3. The van der Waals surface area contributed by atoms with E-state index in [4.69, 9.17) is 0 Å². The Hall–Kier alpha value is -3.04. The van der Waals surface area contributed by atoms with E-state index in [9.17, 15) is 0 Å². The normalized spacial score (nSPS) is 18.0. The smallest absolute Gasteiger partial charge is 0.0856 e. The van der Waals surface area contributed by atoms with Gasteiger partial charge in [0.05, 0.1) is 11.4 Å². The third-order valence-electron chi connectivity index (χ3n) is 5.22. The van der Waals surface area contributed by atoms with Crippen LogP contribution < -0.4 is 0 Å². The number of azo groups is 1. The van der Waals surface area contributed by atoms with Gasteiger partial charge < -0.3 is 0 Å². The Labute approximate surface area is 167 Å². The molecule has 0 aliphatic carbocycles. The van der Waals surface area contributed by atoms with Crippen molar-refractivity contribution in [2.45, 2.75) is 25.9 Å². The Bertz CT molecular complexity index is 947. The molecule has 140 valence electrons. The maximum absolute atomic E-state index is 4.63.